The van der Waals surface area contributed by atoms with Gasteiger partial charge in [-0.15, -0.1) is 0 Å². The van der Waals surface area contributed by atoms with Crippen molar-refractivity contribution in [2.24, 2.45) is 0 Å². The Hall–Kier alpha value is -5.00. The van der Waals surface area contributed by atoms with Crippen LogP contribution in [0.4, 0.5) is 0 Å². The van der Waals surface area contributed by atoms with E-state index in [9.17, 15) is 0 Å². The number of rotatable bonds is 30. The van der Waals surface area contributed by atoms with E-state index in [1.807, 2.05) is 24.8 Å². The van der Waals surface area contributed by atoms with E-state index in [2.05, 4.69) is 125 Å². The van der Waals surface area contributed by atoms with Crippen molar-refractivity contribution >= 4 is 0 Å². The third-order valence-corrected chi connectivity index (χ3v) is 13.0. The molecular formula is C60H78N4O. The highest BCUT2D eigenvalue weighted by molar-refractivity contribution is 5.59. The van der Waals surface area contributed by atoms with Gasteiger partial charge in [-0.3, -0.25) is 19.9 Å². The zero-order valence-electron chi connectivity index (χ0n) is 40.5. The lowest BCUT2D eigenvalue weighted by molar-refractivity contribution is 0.0258. The average molecular weight is 871 g/mol. The van der Waals surface area contributed by atoms with E-state index in [1.54, 1.807) is 0 Å². The van der Waals surface area contributed by atoms with Crippen molar-refractivity contribution in [1.82, 2.24) is 19.9 Å². The monoisotopic (exact) mass is 871 g/mol. The molecule has 344 valence electrons. The summed E-state index contributed by atoms with van der Waals surface area (Å²) in [5.41, 5.74) is 12.9. The lowest BCUT2D eigenvalue weighted by Crippen LogP contribution is -2.16. The van der Waals surface area contributed by atoms with Crippen molar-refractivity contribution in [3.8, 4) is 22.5 Å². The molecule has 0 amide bonds. The molecule has 0 N–H and O–H groups in total. The van der Waals surface area contributed by atoms with Crippen LogP contribution in [0.5, 0.6) is 0 Å². The Balaban J connectivity index is 1.27. The van der Waals surface area contributed by atoms with Gasteiger partial charge in [-0.25, -0.2) is 0 Å². The van der Waals surface area contributed by atoms with E-state index < -0.39 is 12.2 Å². The molecule has 5 heteroatoms. The molecule has 0 bridgehead atoms. The van der Waals surface area contributed by atoms with Gasteiger partial charge in [0.05, 0.1) is 47.6 Å². The molecule has 0 aliphatic heterocycles. The standard InChI is InChI=1S/C60H78N4O/c1-5-9-13-17-21-25-47-27-35-51(36-28-47)55-43-63-57(45-61-55)59(53-39-31-49(32-40-53)23-19-15-11-7-3)65-60(54-41-33-50(34-42-54)24-20-16-12-8-4)58-46-62-56(44-64-58)52-37-29-48(30-38-52)26-22-18-14-10-6-2/h27-46,59-60H,5-26H2,1-4H3. The third-order valence-electron chi connectivity index (χ3n) is 13.0. The summed E-state index contributed by atoms with van der Waals surface area (Å²) in [6, 6.07) is 35.7. The van der Waals surface area contributed by atoms with Crippen LogP contribution in [-0.2, 0) is 30.4 Å². The lowest BCUT2D eigenvalue weighted by Gasteiger charge is -2.25. The van der Waals surface area contributed by atoms with Crippen molar-refractivity contribution in [2.75, 3.05) is 0 Å². The van der Waals surface area contributed by atoms with E-state index in [4.69, 9.17) is 24.7 Å². The van der Waals surface area contributed by atoms with Crippen molar-refractivity contribution < 1.29 is 4.74 Å². The van der Waals surface area contributed by atoms with E-state index in [-0.39, 0.29) is 0 Å². The summed E-state index contributed by atoms with van der Waals surface area (Å²) in [7, 11) is 0. The SMILES string of the molecule is CCCCCCCc1ccc(-c2cnc(C(OC(c3ccc(CCCCCC)cc3)c3cnc(-c4ccc(CCCCCCC)cc4)cn3)c3ccc(CCCCCC)cc3)cn2)cc1. The quantitative estimate of drug-likeness (QED) is 0.0422. The summed E-state index contributed by atoms with van der Waals surface area (Å²) in [6.45, 7) is 9.07. The molecule has 0 saturated carbocycles. The average Bonchev–Trinajstić information content (AvgIpc) is 3.36. The second-order valence-electron chi connectivity index (χ2n) is 18.4. The normalized spacial score (nSPS) is 12.4. The number of unbranched alkanes of at least 4 members (excludes halogenated alkanes) is 14. The first kappa shape index (κ1) is 49.4. The summed E-state index contributed by atoms with van der Waals surface area (Å²) >= 11 is 0. The van der Waals surface area contributed by atoms with Crippen LogP contribution in [0, 0.1) is 0 Å². The highest BCUT2D eigenvalue weighted by Crippen LogP contribution is 2.36. The summed E-state index contributed by atoms with van der Waals surface area (Å²) in [5, 5.41) is 0. The molecule has 2 unspecified atom stereocenters. The highest BCUT2D eigenvalue weighted by Gasteiger charge is 2.26. The minimum Gasteiger partial charge on any atom is -0.353 e. The summed E-state index contributed by atoms with van der Waals surface area (Å²) in [5.74, 6) is 0. The fourth-order valence-corrected chi connectivity index (χ4v) is 8.80. The van der Waals surface area contributed by atoms with E-state index in [0.29, 0.717) is 0 Å². The molecule has 2 heterocycles. The highest BCUT2D eigenvalue weighted by atomic mass is 16.5. The van der Waals surface area contributed by atoms with Crippen LogP contribution in [0.3, 0.4) is 0 Å². The van der Waals surface area contributed by atoms with Crippen LogP contribution in [-0.4, -0.2) is 19.9 Å². The molecule has 2 aromatic heterocycles. The number of hydrogen-bond donors (Lipinski definition) is 0. The molecule has 0 aliphatic rings. The zero-order valence-corrected chi connectivity index (χ0v) is 40.5. The van der Waals surface area contributed by atoms with E-state index in [0.717, 1.165) is 70.7 Å². The van der Waals surface area contributed by atoms with Crippen molar-refractivity contribution in [3.63, 3.8) is 0 Å². The number of aryl methyl sites for hydroxylation is 4. The van der Waals surface area contributed by atoms with Crippen LogP contribution in [0.25, 0.3) is 22.5 Å². The predicted octanol–water partition coefficient (Wildman–Crippen LogP) is 16.8. The van der Waals surface area contributed by atoms with Gasteiger partial charge in [0.2, 0.25) is 0 Å². The summed E-state index contributed by atoms with van der Waals surface area (Å²) in [4.78, 5) is 20.2. The van der Waals surface area contributed by atoms with Crippen LogP contribution in [0.1, 0.15) is 200 Å². The molecule has 5 nitrogen and oxygen atoms in total. The molecule has 0 aliphatic carbocycles. The van der Waals surface area contributed by atoms with Crippen LogP contribution < -0.4 is 0 Å². The Morgan fingerprint density at radius 1 is 0.323 bits per heavy atom. The maximum atomic E-state index is 7.34. The Kier molecular flexibility index (Phi) is 21.4. The molecule has 0 fully saturated rings. The van der Waals surface area contributed by atoms with E-state index in [1.165, 1.54) is 138 Å². The smallest absolute Gasteiger partial charge is 0.127 e. The van der Waals surface area contributed by atoms with Gasteiger partial charge in [0.1, 0.15) is 12.2 Å². The second kappa shape index (κ2) is 28.1. The Bertz CT molecular complexity index is 2000. The minimum atomic E-state index is -0.490. The van der Waals surface area contributed by atoms with Crippen LogP contribution in [0.2, 0.25) is 0 Å². The van der Waals surface area contributed by atoms with E-state index >= 15 is 0 Å². The van der Waals surface area contributed by atoms with Gasteiger partial charge in [-0.2, -0.15) is 0 Å². The number of nitrogens with zero attached hydrogens (tertiary/aromatic N) is 4. The summed E-state index contributed by atoms with van der Waals surface area (Å²) < 4.78 is 7.34. The van der Waals surface area contributed by atoms with Crippen molar-refractivity contribution in [1.29, 1.82) is 0 Å². The summed E-state index contributed by atoms with van der Waals surface area (Å²) in [6.07, 6.45) is 33.9. The minimum absolute atomic E-state index is 0.490. The number of ether oxygens (including phenoxy) is 1. The zero-order chi connectivity index (χ0) is 45.3. The number of hydrogen-bond acceptors (Lipinski definition) is 5. The maximum Gasteiger partial charge on any atom is 0.127 e. The van der Waals surface area contributed by atoms with Crippen molar-refractivity contribution in [3.05, 3.63) is 167 Å². The second-order valence-corrected chi connectivity index (χ2v) is 18.4. The van der Waals surface area contributed by atoms with Gasteiger partial charge in [0.15, 0.2) is 0 Å². The molecular weight excluding hydrogens is 793 g/mol. The number of benzene rings is 4. The maximum absolute atomic E-state index is 7.34. The lowest BCUT2D eigenvalue weighted by atomic mass is 9.99. The fraction of sp³-hybridized carbons (Fsp3) is 0.467. The van der Waals surface area contributed by atoms with Gasteiger partial charge in [-0.05, 0) is 84.7 Å². The van der Waals surface area contributed by atoms with Crippen LogP contribution in [0.15, 0.2) is 122 Å². The molecule has 0 radical (unpaired) electrons. The first-order chi connectivity index (χ1) is 32.1. The Morgan fingerprint density at radius 2 is 0.615 bits per heavy atom. The Labute approximate surface area is 393 Å². The molecule has 2 atom stereocenters. The Morgan fingerprint density at radius 3 is 0.908 bits per heavy atom. The third kappa shape index (κ3) is 16.1. The molecule has 4 aromatic carbocycles. The topological polar surface area (TPSA) is 60.8 Å². The fourth-order valence-electron chi connectivity index (χ4n) is 8.80. The van der Waals surface area contributed by atoms with Gasteiger partial charge in [0.25, 0.3) is 0 Å². The van der Waals surface area contributed by atoms with Gasteiger partial charge < -0.3 is 4.74 Å². The first-order valence-electron chi connectivity index (χ1n) is 25.7. The molecule has 65 heavy (non-hydrogen) atoms. The molecule has 6 aromatic rings. The van der Waals surface area contributed by atoms with Gasteiger partial charge >= 0.3 is 0 Å². The molecule has 0 saturated heterocycles. The van der Waals surface area contributed by atoms with Crippen molar-refractivity contribution in [2.45, 2.75) is 181 Å². The molecule has 6 rings (SSSR count). The van der Waals surface area contributed by atoms with Crippen LogP contribution >= 0.6 is 0 Å². The van der Waals surface area contributed by atoms with Gasteiger partial charge in [0, 0.05) is 11.1 Å². The van der Waals surface area contributed by atoms with Gasteiger partial charge in [-0.1, -0.05) is 215 Å². The largest absolute Gasteiger partial charge is 0.353 e. The first-order valence-corrected chi connectivity index (χ1v) is 25.7. The predicted molar refractivity (Wildman–Crippen MR) is 273 cm³/mol. The number of aromatic nitrogens is 4. The molecule has 0 spiro atoms.